The van der Waals surface area contributed by atoms with Crippen molar-refractivity contribution in [2.24, 2.45) is 0 Å². The van der Waals surface area contributed by atoms with Crippen molar-refractivity contribution in [2.45, 2.75) is 64.2 Å². The molecule has 0 saturated heterocycles. The molecule has 0 aliphatic carbocycles. The van der Waals surface area contributed by atoms with Crippen LogP contribution in [0, 0.1) is 5.82 Å². The Hall–Kier alpha value is -3.56. The Morgan fingerprint density at radius 3 is 2.32 bits per heavy atom. The van der Waals surface area contributed by atoms with Crippen molar-refractivity contribution in [1.29, 1.82) is 0 Å². The number of benzene rings is 2. The number of aliphatic hydroxyl groups excluding tert-OH is 2. The zero-order valence-electron chi connectivity index (χ0n) is 21.1. The van der Waals surface area contributed by atoms with Crippen LogP contribution in [0.1, 0.15) is 60.8 Å². The van der Waals surface area contributed by atoms with E-state index in [4.69, 9.17) is 5.11 Å². The van der Waals surface area contributed by atoms with Crippen molar-refractivity contribution in [3.05, 3.63) is 77.4 Å². The minimum atomic E-state index is -1.16. The summed E-state index contributed by atoms with van der Waals surface area (Å²) in [6.07, 6.45) is -1.79. The van der Waals surface area contributed by atoms with Crippen molar-refractivity contribution < 1.29 is 29.3 Å². The number of hydrogen-bond acceptors (Lipinski definition) is 5. The van der Waals surface area contributed by atoms with Gasteiger partial charge in [-0.2, -0.15) is 0 Å². The van der Waals surface area contributed by atoms with Gasteiger partial charge in [0.05, 0.1) is 24.3 Å². The maximum atomic E-state index is 13.6. The Balaban J connectivity index is 1.85. The SMILES string of the molecule is CC(C)c1c(C(=O)NCCc2ccccc2)nc(-c2ccc(F)cc2)n1CC[C@@H](O)C[C@@H](O)CC(=O)O. The second-order valence-corrected chi connectivity index (χ2v) is 9.40. The van der Waals surface area contributed by atoms with Gasteiger partial charge in [-0.3, -0.25) is 9.59 Å². The fourth-order valence-electron chi connectivity index (χ4n) is 4.31. The van der Waals surface area contributed by atoms with E-state index in [2.05, 4.69) is 10.3 Å². The highest BCUT2D eigenvalue weighted by Gasteiger charge is 2.26. The number of hydrogen-bond donors (Lipinski definition) is 4. The number of carboxylic acid groups (broad SMARTS) is 1. The smallest absolute Gasteiger partial charge is 0.305 e. The summed E-state index contributed by atoms with van der Waals surface area (Å²) in [5.41, 5.74) is 2.66. The normalized spacial score (nSPS) is 12.9. The maximum Gasteiger partial charge on any atom is 0.305 e. The minimum absolute atomic E-state index is 0.0866. The van der Waals surface area contributed by atoms with Crippen molar-refractivity contribution in [2.75, 3.05) is 6.54 Å². The van der Waals surface area contributed by atoms with Crippen LogP contribution in [0.5, 0.6) is 0 Å². The van der Waals surface area contributed by atoms with Gasteiger partial charge in [0.25, 0.3) is 5.91 Å². The first-order valence-electron chi connectivity index (χ1n) is 12.4. The molecule has 0 bridgehead atoms. The van der Waals surface area contributed by atoms with Gasteiger partial charge < -0.3 is 25.2 Å². The van der Waals surface area contributed by atoms with Gasteiger partial charge >= 0.3 is 5.97 Å². The molecule has 1 aromatic heterocycles. The zero-order chi connectivity index (χ0) is 26.9. The zero-order valence-corrected chi connectivity index (χ0v) is 21.1. The van der Waals surface area contributed by atoms with Crippen LogP contribution in [0.4, 0.5) is 4.39 Å². The first kappa shape index (κ1) is 28.0. The lowest BCUT2D eigenvalue weighted by atomic mass is 10.0. The summed E-state index contributed by atoms with van der Waals surface area (Å²) in [6.45, 7) is 4.58. The molecule has 9 heteroatoms. The molecule has 8 nitrogen and oxygen atoms in total. The molecule has 3 rings (SSSR count). The molecule has 0 unspecified atom stereocenters. The number of halogens is 1. The van der Waals surface area contributed by atoms with Crippen LogP contribution < -0.4 is 5.32 Å². The van der Waals surface area contributed by atoms with Crippen LogP contribution in [0.2, 0.25) is 0 Å². The summed E-state index contributed by atoms with van der Waals surface area (Å²) >= 11 is 0. The number of carbonyl (C=O) groups excluding carboxylic acids is 1. The van der Waals surface area contributed by atoms with E-state index in [1.165, 1.54) is 12.1 Å². The highest BCUT2D eigenvalue weighted by molar-refractivity contribution is 5.94. The molecule has 1 heterocycles. The third-order valence-corrected chi connectivity index (χ3v) is 6.05. The van der Waals surface area contributed by atoms with E-state index < -0.39 is 30.4 Å². The van der Waals surface area contributed by atoms with Gasteiger partial charge in [-0.15, -0.1) is 0 Å². The monoisotopic (exact) mass is 511 g/mol. The van der Waals surface area contributed by atoms with E-state index in [9.17, 15) is 24.2 Å². The van der Waals surface area contributed by atoms with Crippen LogP contribution in [0.3, 0.4) is 0 Å². The second-order valence-electron chi connectivity index (χ2n) is 9.40. The van der Waals surface area contributed by atoms with Crippen molar-refractivity contribution in [1.82, 2.24) is 14.9 Å². The average molecular weight is 512 g/mol. The largest absolute Gasteiger partial charge is 0.481 e. The number of carboxylic acids is 1. The van der Waals surface area contributed by atoms with Crippen LogP contribution in [-0.4, -0.2) is 55.5 Å². The Kier molecular flexibility index (Phi) is 9.93. The lowest BCUT2D eigenvalue weighted by Gasteiger charge is -2.19. The number of aliphatic hydroxyl groups is 2. The quantitative estimate of drug-likeness (QED) is 0.277. The van der Waals surface area contributed by atoms with Crippen LogP contribution in [0.15, 0.2) is 54.6 Å². The lowest BCUT2D eigenvalue weighted by molar-refractivity contribution is -0.139. The Morgan fingerprint density at radius 2 is 1.70 bits per heavy atom. The summed E-state index contributed by atoms with van der Waals surface area (Å²) < 4.78 is 15.4. The first-order chi connectivity index (χ1) is 17.7. The molecule has 0 saturated carbocycles. The van der Waals surface area contributed by atoms with Gasteiger partial charge in [-0.1, -0.05) is 44.2 Å². The Bertz CT molecular complexity index is 1180. The average Bonchev–Trinajstić information content (AvgIpc) is 3.23. The van der Waals surface area contributed by atoms with Gasteiger partial charge in [-0.05, 0) is 55.0 Å². The minimum Gasteiger partial charge on any atom is -0.481 e. The molecular formula is C28H34FN3O5. The summed E-state index contributed by atoms with van der Waals surface area (Å²) in [5.74, 6) is -1.48. The standard InChI is InChI=1S/C28H34FN3O5/c1-18(2)26-25(28(37)30-14-12-19-6-4-3-5-7-19)31-27(20-8-10-21(29)11-9-20)32(26)15-13-22(33)16-23(34)17-24(35)36/h3-11,18,22-23,33-34H,12-17H2,1-2H3,(H,30,37)(H,35,36)/t22-,23-/m1/s1. The molecule has 37 heavy (non-hydrogen) atoms. The molecule has 3 aromatic rings. The van der Waals surface area contributed by atoms with Crippen molar-refractivity contribution in [3.63, 3.8) is 0 Å². The molecule has 0 aliphatic rings. The van der Waals surface area contributed by atoms with Crippen molar-refractivity contribution >= 4 is 11.9 Å². The molecule has 4 N–H and O–H groups in total. The summed E-state index contributed by atoms with van der Waals surface area (Å²) in [6, 6.07) is 15.6. The number of carbonyl (C=O) groups is 2. The highest BCUT2D eigenvalue weighted by atomic mass is 19.1. The van der Waals surface area contributed by atoms with E-state index in [0.29, 0.717) is 30.0 Å². The molecule has 0 spiro atoms. The van der Waals surface area contributed by atoms with E-state index in [1.807, 2.05) is 48.7 Å². The van der Waals surface area contributed by atoms with Gasteiger partial charge in [-0.25, -0.2) is 9.37 Å². The van der Waals surface area contributed by atoms with E-state index >= 15 is 0 Å². The number of aliphatic carboxylic acids is 1. The van der Waals surface area contributed by atoms with Gasteiger partial charge in [0.15, 0.2) is 0 Å². The van der Waals surface area contributed by atoms with Gasteiger partial charge in [0, 0.05) is 18.7 Å². The van der Waals surface area contributed by atoms with Crippen LogP contribution >= 0.6 is 0 Å². The molecule has 1 amide bonds. The number of nitrogens with zero attached hydrogens (tertiary/aromatic N) is 2. The molecule has 2 aromatic carbocycles. The van der Waals surface area contributed by atoms with Crippen LogP contribution in [-0.2, 0) is 17.8 Å². The summed E-state index contributed by atoms with van der Waals surface area (Å²) in [4.78, 5) is 28.7. The number of nitrogens with one attached hydrogen (secondary N) is 1. The van der Waals surface area contributed by atoms with Crippen LogP contribution in [0.25, 0.3) is 11.4 Å². The highest BCUT2D eigenvalue weighted by Crippen LogP contribution is 2.29. The number of rotatable bonds is 13. The molecule has 0 fully saturated rings. The Labute approximate surface area is 215 Å². The third kappa shape index (κ3) is 7.96. The Morgan fingerprint density at radius 1 is 1.03 bits per heavy atom. The number of amides is 1. The third-order valence-electron chi connectivity index (χ3n) is 6.05. The molecule has 2 atom stereocenters. The van der Waals surface area contributed by atoms with Crippen molar-refractivity contribution in [3.8, 4) is 11.4 Å². The molecular weight excluding hydrogens is 477 g/mol. The summed E-state index contributed by atoms with van der Waals surface area (Å²) in [5, 5.41) is 32.1. The number of aromatic nitrogens is 2. The maximum absolute atomic E-state index is 13.6. The predicted molar refractivity (Wildman–Crippen MR) is 138 cm³/mol. The number of imidazole rings is 1. The fourth-order valence-corrected chi connectivity index (χ4v) is 4.31. The molecule has 0 radical (unpaired) electrons. The van der Waals surface area contributed by atoms with E-state index in [1.54, 1.807) is 12.1 Å². The first-order valence-corrected chi connectivity index (χ1v) is 12.4. The lowest BCUT2D eigenvalue weighted by Crippen LogP contribution is -2.27. The summed E-state index contributed by atoms with van der Waals surface area (Å²) in [7, 11) is 0. The predicted octanol–water partition coefficient (Wildman–Crippen LogP) is 3.76. The van der Waals surface area contributed by atoms with E-state index in [-0.39, 0.29) is 36.9 Å². The van der Waals surface area contributed by atoms with E-state index in [0.717, 1.165) is 5.56 Å². The van der Waals surface area contributed by atoms with Gasteiger partial charge in [0.2, 0.25) is 0 Å². The molecule has 0 aliphatic heterocycles. The molecule has 198 valence electrons. The topological polar surface area (TPSA) is 125 Å². The van der Waals surface area contributed by atoms with Gasteiger partial charge in [0.1, 0.15) is 17.3 Å². The fraction of sp³-hybridized carbons (Fsp3) is 0.393. The second kappa shape index (κ2) is 13.1.